The second-order valence-electron chi connectivity index (χ2n) is 5.38. The Morgan fingerprint density at radius 3 is 1.82 bits per heavy atom. The quantitative estimate of drug-likeness (QED) is 0.369. The number of alkyl halides is 2. The van der Waals surface area contributed by atoms with Crippen molar-refractivity contribution in [3.63, 3.8) is 0 Å². The van der Waals surface area contributed by atoms with Gasteiger partial charge < -0.3 is 4.57 Å². The molecule has 2 aromatic carbocycles. The first-order valence-electron chi connectivity index (χ1n) is 7.57. The number of rotatable bonds is 8. The van der Waals surface area contributed by atoms with Crippen LogP contribution in [-0.2, 0) is 4.57 Å². The van der Waals surface area contributed by atoms with Crippen LogP contribution in [0.25, 0.3) is 0 Å². The van der Waals surface area contributed by atoms with Crippen LogP contribution in [0.1, 0.15) is 19.3 Å². The van der Waals surface area contributed by atoms with Crippen LogP contribution < -0.4 is 10.6 Å². The zero-order valence-corrected chi connectivity index (χ0v) is 14.9. The summed E-state index contributed by atoms with van der Waals surface area (Å²) < 4.78 is 13.7. The first-order valence-corrected chi connectivity index (χ1v) is 10.4. The van der Waals surface area contributed by atoms with Crippen molar-refractivity contribution < 1.29 is 4.57 Å². The third-order valence-electron chi connectivity index (χ3n) is 3.70. The van der Waals surface area contributed by atoms with Gasteiger partial charge >= 0.3 is 0 Å². The molecule has 0 N–H and O–H groups in total. The van der Waals surface area contributed by atoms with Crippen LogP contribution in [0.5, 0.6) is 0 Å². The van der Waals surface area contributed by atoms with Gasteiger partial charge in [0, 0.05) is 28.0 Å². The summed E-state index contributed by atoms with van der Waals surface area (Å²) >= 11 is 12.2. The van der Waals surface area contributed by atoms with Gasteiger partial charge in [0.05, 0.1) is 0 Å². The Labute approximate surface area is 143 Å². The molecule has 0 heterocycles. The van der Waals surface area contributed by atoms with Gasteiger partial charge in [-0.1, -0.05) is 67.1 Å². The fourth-order valence-electron chi connectivity index (χ4n) is 2.53. The zero-order chi connectivity index (χ0) is 15.8. The van der Waals surface area contributed by atoms with Crippen molar-refractivity contribution in [2.75, 3.05) is 12.0 Å². The van der Waals surface area contributed by atoms with Crippen molar-refractivity contribution in [1.29, 1.82) is 0 Å². The van der Waals surface area contributed by atoms with E-state index in [9.17, 15) is 4.57 Å². The lowest BCUT2D eigenvalue weighted by Crippen LogP contribution is -2.22. The first-order chi connectivity index (χ1) is 10.7. The maximum Gasteiger partial charge on any atom is 0.144 e. The molecule has 0 aliphatic rings. The van der Waals surface area contributed by atoms with Crippen molar-refractivity contribution in [1.82, 2.24) is 0 Å². The van der Waals surface area contributed by atoms with E-state index in [0.29, 0.717) is 12.0 Å². The van der Waals surface area contributed by atoms with E-state index in [-0.39, 0.29) is 5.38 Å². The summed E-state index contributed by atoms with van der Waals surface area (Å²) in [6.45, 7) is 0. The summed E-state index contributed by atoms with van der Waals surface area (Å²) in [6.07, 6.45) is 3.26. The Bertz CT molecular complexity index is 557. The van der Waals surface area contributed by atoms with E-state index in [1.165, 1.54) is 0 Å². The van der Waals surface area contributed by atoms with E-state index in [1.807, 2.05) is 60.7 Å². The van der Waals surface area contributed by atoms with E-state index >= 15 is 0 Å². The lowest BCUT2D eigenvalue weighted by molar-refractivity contribution is 0.583. The van der Waals surface area contributed by atoms with Gasteiger partial charge in [-0.05, 0) is 12.8 Å². The molecular weight excluding hydrogens is 334 g/mol. The van der Waals surface area contributed by atoms with Crippen LogP contribution in [0.15, 0.2) is 60.7 Å². The van der Waals surface area contributed by atoms with E-state index in [1.54, 1.807) is 0 Å². The molecule has 0 amide bonds. The molecule has 0 aromatic heterocycles. The molecule has 22 heavy (non-hydrogen) atoms. The molecule has 1 unspecified atom stereocenters. The average Bonchev–Trinajstić information content (AvgIpc) is 2.56. The van der Waals surface area contributed by atoms with Gasteiger partial charge in [-0.25, -0.2) is 0 Å². The minimum Gasteiger partial charge on any atom is -0.314 e. The molecule has 0 aliphatic heterocycles. The highest BCUT2D eigenvalue weighted by atomic mass is 35.5. The molecule has 1 atom stereocenters. The van der Waals surface area contributed by atoms with Gasteiger partial charge in [0.15, 0.2) is 0 Å². The lowest BCUT2D eigenvalue weighted by atomic mass is 10.2. The Kier molecular flexibility index (Phi) is 7.02. The second kappa shape index (κ2) is 8.77. The van der Waals surface area contributed by atoms with Crippen molar-refractivity contribution in [2.24, 2.45) is 0 Å². The summed E-state index contributed by atoms with van der Waals surface area (Å²) in [6, 6.07) is 19.4. The monoisotopic (exact) mass is 354 g/mol. The van der Waals surface area contributed by atoms with Crippen molar-refractivity contribution in [3.05, 3.63) is 60.7 Å². The second-order valence-corrected chi connectivity index (χ2v) is 9.25. The number of benzene rings is 2. The summed E-state index contributed by atoms with van der Waals surface area (Å²) in [7, 11) is -2.69. The zero-order valence-electron chi connectivity index (χ0n) is 12.5. The molecule has 0 fully saturated rings. The van der Waals surface area contributed by atoms with Gasteiger partial charge in [0.25, 0.3) is 0 Å². The SMILES string of the molecule is O=P(CC(Cl)CCCCCl)(c1ccccc1)c1ccccc1. The van der Waals surface area contributed by atoms with Crippen LogP contribution in [-0.4, -0.2) is 17.4 Å². The predicted molar refractivity (Wildman–Crippen MR) is 98.8 cm³/mol. The Hall–Kier alpha value is -0.750. The molecule has 0 radical (unpaired) electrons. The van der Waals surface area contributed by atoms with E-state index in [0.717, 1.165) is 29.9 Å². The number of unbranched alkanes of at least 4 members (excludes halogenated alkanes) is 1. The standard InChI is InChI=1S/C18H21Cl2OP/c19-14-8-7-9-16(20)15-22(21,17-10-3-1-4-11-17)18-12-5-2-6-13-18/h1-6,10-13,16H,7-9,14-15H2. The highest BCUT2D eigenvalue weighted by Gasteiger charge is 2.29. The number of hydrogen-bond donors (Lipinski definition) is 0. The largest absolute Gasteiger partial charge is 0.314 e. The van der Waals surface area contributed by atoms with Crippen molar-refractivity contribution in [2.45, 2.75) is 24.6 Å². The first kappa shape index (κ1) is 17.6. The molecule has 2 rings (SSSR count). The molecule has 4 heteroatoms. The fraction of sp³-hybridized carbons (Fsp3) is 0.333. The third-order valence-corrected chi connectivity index (χ3v) is 7.78. The van der Waals surface area contributed by atoms with E-state index in [2.05, 4.69) is 0 Å². The molecule has 0 bridgehead atoms. The molecule has 2 aromatic rings. The van der Waals surface area contributed by atoms with Crippen LogP contribution in [0.3, 0.4) is 0 Å². The number of halogens is 2. The molecule has 118 valence electrons. The van der Waals surface area contributed by atoms with Gasteiger partial charge in [-0.2, -0.15) is 0 Å². The molecular formula is C18H21Cl2OP. The predicted octanol–water partition coefficient (Wildman–Crippen LogP) is 5.02. The normalized spacial score (nSPS) is 13.0. The van der Waals surface area contributed by atoms with E-state index in [4.69, 9.17) is 23.2 Å². The van der Waals surface area contributed by atoms with Crippen LogP contribution in [0, 0.1) is 0 Å². The highest BCUT2D eigenvalue weighted by molar-refractivity contribution is 7.78. The smallest absolute Gasteiger partial charge is 0.144 e. The molecule has 0 saturated heterocycles. The topological polar surface area (TPSA) is 17.1 Å². The summed E-state index contributed by atoms with van der Waals surface area (Å²) in [5, 5.41) is 1.66. The van der Waals surface area contributed by atoms with Gasteiger partial charge in [0.1, 0.15) is 7.14 Å². The minimum absolute atomic E-state index is 0.102. The van der Waals surface area contributed by atoms with Gasteiger partial charge in [-0.15, -0.1) is 23.2 Å². The third kappa shape index (κ3) is 4.62. The summed E-state index contributed by atoms with van der Waals surface area (Å²) in [5.74, 6) is 0.651. The van der Waals surface area contributed by atoms with E-state index < -0.39 is 7.14 Å². The summed E-state index contributed by atoms with van der Waals surface area (Å²) in [5.41, 5.74) is 0. The Morgan fingerprint density at radius 2 is 1.36 bits per heavy atom. The molecule has 1 nitrogen and oxygen atoms in total. The molecule has 0 aliphatic carbocycles. The van der Waals surface area contributed by atoms with Crippen molar-refractivity contribution >= 4 is 41.0 Å². The van der Waals surface area contributed by atoms with Crippen LogP contribution in [0.2, 0.25) is 0 Å². The fourth-order valence-corrected chi connectivity index (χ4v) is 6.22. The molecule has 0 spiro atoms. The molecule has 0 saturated carbocycles. The van der Waals surface area contributed by atoms with Crippen LogP contribution in [0.4, 0.5) is 0 Å². The summed E-state index contributed by atoms with van der Waals surface area (Å²) in [4.78, 5) is 0. The number of hydrogen-bond acceptors (Lipinski definition) is 1. The van der Waals surface area contributed by atoms with Crippen molar-refractivity contribution in [3.8, 4) is 0 Å². The van der Waals surface area contributed by atoms with Gasteiger partial charge in [0.2, 0.25) is 0 Å². The highest BCUT2D eigenvalue weighted by Crippen LogP contribution is 2.45. The van der Waals surface area contributed by atoms with Gasteiger partial charge in [-0.3, -0.25) is 0 Å². The Balaban J connectivity index is 2.25. The lowest BCUT2D eigenvalue weighted by Gasteiger charge is -2.22. The maximum absolute atomic E-state index is 13.7. The maximum atomic E-state index is 13.7. The Morgan fingerprint density at radius 1 is 0.864 bits per heavy atom. The average molecular weight is 355 g/mol. The van der Waals surface area contributed by atoms with Crippen LogP contribution >= 0.6 is 30.3 Å². The minimum atomic E-state index is -2.69.